The van der Waals surface area contributed by atoms with Crippen molar-refractivity contribution in [3.63, 3.8) is 0 Å². The first-order valence-corrected chi connectivity index (χ1v) is 11.9. The fraction of sp³-hybridized carbons (Fsp3) is 0.619. The maximum absolute atomic E-state index is 12.6. The largest absolute Gasteiger partial charge is 0.495 e. The molecular formula is C21H35N5O5S. The summed E-state index contributed by atoms with van der Waals surface area (Å²) in [6.45, 7) is 9.02. The van der Waals surface area contributed by atoms with Crippen molar-refractivity contribution in [2.24, 2.45) is 0 Å². The van der Waals surface area contributed by atoms with Crippen LogP contribution in [0.1, 0.15) is 20.8 Å². The molecule has 0 atom stereocenters. The molecule has 32 heavy (non-hydrogen) atoms. The highest BCUT2D eigenvalue weighted by Gasteiger charge is 2.23. The number of carbonyl (C=O) groups excluding carboxylic acids is 2. The van der Waals surface area contributed by atoms with E-state index in [4.69, 9.17) is 4.74 Å². The topological polar surface area (TPSA) is 111 Å². The summed E-state index contributed by atoms with van der Waals surface area (Å²) in [5.74, 6) is 0.107. The lowest BCUT2D eigenvalue weighted by Crippen LogP contribution is -2.52. The molecule has 11 heteroatoms. The molecule has 0 aliphatic carbocycles. The molecule has 0 aromatic heterocycles. The minimum absolute atomic E-state index is 0.0108. The molecule has 2 rings (SSSR count). The number of hydrogen-bond acceptors (Lipinski definition) is 7. The van der Waals surface area contributed by atoms with Crippen LogP contribution in [0.4, 0.5) is 5.69 Å². The fourth-order valence-electron chi connectivity index (χ4n) is 3.32. The Hall–Kier alpha value is -2.21. The highest BCUT2D eigenvalue weighted by atomic mass is 32.2. The number of benzene rings is 1. The normalized spacial score (nSPS) is 16.1. The maximum Gasteiger partial charge on any atom is 0.242 e. The third-order valence-corrected chi connectivity index (χ3v) is 6.75. The predicted octanol–water partition coefficient (Wildman–Crippen LogP) is 0.416. The summed E-state index contributed by atoms with van der Waals surface area (Å²) in [7, 11) is 0.719. The van der Waals surface area contributed by atoms with Crippen LogP contribution in [0.3, 0.4) is 0 Å². The van der Waals surface area contributed by atoms with Gasteiger partial charge >= 0.3 is 0 Å². The molecule has 0 spiro atoms. The van der Waals surface area contributed by atoms with Gasteiger partial charge in [-0.2, -0.15) is 0 Å². The number of nitrogens with one attached hydrogen (secondary N) is 2. The first-order valence-electron chi connectivity index (χ1n) is 10.5. The molecular weight excluding hydrogens is 434 g/mol. The van der Waals surface area contributed by atoms with Crippen molar-refractivity contribution in [2.75, 3.05) is 65.8 Å². The van der Waals surface area contributed by atoms with E-state index in [0.29, 0.717) is 44.2 Å². The van der Waals surface area contributed by atoms with Crippen molar-refractivity contribution in [1.82, 2.24) is 19.4 Å². The summed E-state index contributed by atoms with van der Waals surface area (Å²) in [6.07, 6.45) is 0. The number of sulfonamides is 1. The number of ether oxygens (including phenoxy) is 1. The van der Waals surface area contributed by atoms with E-state index in [9.17, 15) is 18.0 Å². The van der Waals surface area contributed by atoms with Crippen LogP contribution in [0.15, 0.2) is 23.1 Å². The van der Waals surface area contributed by atoms with Crippen molar-refractivity contribution in [2.45, 2.75) is 31.2 Å². The molecule has 1 heterocycles. The second-order valence-corrected chi connectivity index (χ2v) is 11.2. The van der Waals surface area contributed by atoms with Crippen molar-refractivity contribution >= 4 is 27.5 Å². The second kappa shape index (κ2) is 10.6. The maximum atomic E-state index is 12.6. The number of methoxy groups -OCH3 is 1. The lowest BCUT2D eigenvalue weighted by molar-refractivity contribution is -0.124. The Kier molecular flexibility index (Phi) is 8.63. The molecule has 10 nitrogen and oxygen atoms in total. The highest BCUT2D eigenvalue weighted by Crippen LogP contribution is 2.28. The second-order valence-electron chi connectivity index (χ2n) is 9.05. The van der Waals surface area contributed by atoms with Gasteiger partial charge in [-0.25, -0.2) is 12.7 Å². The molecule has 1 saturated heterocycles. The lowest BCUT2D eigenvalue weighted by Gasteiger charge is -2.34. The highest BCUT2D eigenvalue weighted by molar-refractivity contribution is 7.89. The first kappa shape index (κ1) is 26.0. The van der Waals surface area contributed by atoms with E-state index < -0.39 is 10.0 Å². The van der Waals surface area contributed by atoms with E-state index in [2.05, 4.69) is 15.5 Å². The Morgan fingerprint density at radius 1 is 1.03 bits per heavy atom. The summed E-state index contributed by atoms with van der Waals surface area (Å²) >= 11 is 0. The van der Waals surface area contributed by atoms with Gasteiger partial charge in [0.25, 0.3) is 0 Å². The Bertz CT molecular complexity index is 919. The SMILES string of the molecule is COc1ccc(S(=O)(=O)N(C)C)cc1NC(=O)CN1CCN(CC(=O)NC(C)(C)C)CC1. The molecule has 1 aliphatic rings. The zero-order chi connectivity index (χ0) is 24.1. The van der Waals surface area contributed by atoms with Gasteiger partial charge in [-0.3, -0.25) is 19.4 Å². The summed E-state index contributed by atoms with van der Waals surface area (Å²) < 4.78 is 31.2. The summed E-state index contributed by atoms with van der Waals surface area (Å²) in [5, 5.41) is 5.72. The molecule has 2 amide bonds. The molecule has 1 aliphatic heterocycles. The lowest BCUT2D eigenvalue weighted by atomic mass is 10.1. The molecule has 1 aromatic carbocycles. The smallest absolute Gasteiger partial charge is 0.242 e. The van der Waals surface area contributed by atoms with Crippen molar-refractivity contribution in [1.29, 1.82) is 0 Å². The predicted molar refractivity (Wildman–Crippen MR) is 123 cm³/mol. The van der Waals surface area contributed by atoms with E-state index >= 15 is 0 Å². The van der Waals surface area contributed by atoms with Gasteiger partial charge in [-0.15, -0.1) is 0 Å². The average Bonchev–Trinajstić information content (AvgIpc) is 2.67. The minimum Gasteiger partial charge on any atom is -0.495 e. The molecule has 1 aromatic rings. The van der Waals surface area contributed by atoms with Crippen LogP contribution in [0.2, 0.25) is 0 Å². The first-order chi connectivity index (χ1) is 14.8. The molecule has 0 saturated carbocycles. The molecule has 0 unspecified atom stereocenters. The molecule has 2 N–H and O–H groups in total. The van der Waals surface area contributed by atoms with Crippen molar-refractivity contribution in [3.8, 4) is 5.75 Å². The summed E-state index contributed by atoms with van der Waals surface area (Å²) in [4.78, 5) is 28.8. The van der Waals surface area contributed by atoms with Crippen LogP contribution in [0.25, 0.3) is 0 Å². The van der Waals surface area contributed by atoms with Gasteiger partial charge in [0.05, 0.1) is 30.8 Å². The van der Waals surface area contributed by atoms with Gasteiger partial charge in [0.2, 0.25) is 21.8 Å². The Labute approximate surface area is 190 Å². The van der Waals surface area contributed by atoms with Crippen LogP contribution in [-0.2, 0) is 19.6 Å². The zero-order valence-electron chi connectivity index (χ0n) is 19.8. The van der Waals surface area contributed by atoms with Gasteiger partial charge in [0, 0.05) is 45.8 Å². The number of hydrogen-bond donors (Lipinski definition) is 2. The quantitative estimate of drug-likeness (QED) is 0.567. The standard InChI is InChI=1S/C21H35N5O5S/c1-21(2,3)23-20(28)15-26-11-9-25(10-12-26)14-19(27)22-17-13-16(7-8-18(17)31-6)32(29,30)24(4)5/h7-8,13H,9-12,14-15H2,1-6H3,(H,22,27)(H,23,28). The van der Waals surface area contributed by atoms with Crippen LogP contribution in [0, 0.1) is 0 Å². The van der Waals surface area contributed by atoms with Gasteiger partial charge in [-0.1, -0.05) is 0 Å². The van der Waals surface area contributed by atoms with Crippen LogP contribution in [-0.4, -0.2) is 100 Å². The van der Waals surface area contributed by atoms with Crippen LogP contribution >= 0.6 is 0 Å². The Morgan fingerprint density at radius 3 is 2.03 bits per heavy atom. The van der Waals surface area contributed by atoms with Crippen molar-refractivity contribution < 1.29 is 22.7 Å². The van der Waals surface area contributed by atoms with E-state index in [0.717, 1.165) is 4.31 Å². The van der Waals surface area contributed by atoms with Crippen LogP contribution in [0.5, 0.6) is 5.75 Å². The van der Waals surface area contributed by atoms with E-state index in [-0.39, 0.29) is 28.8 Å². The monoisotopic (exact) mass is 469 g/mol. The number of nitrogens with zero attached hydrogens (tertiary/aromatic N) is 3. The number of carbonyl (C=O) groups is 2. The van der Waals surface area contributed by atoms with E-state index in [1.807, 2.05) is 25.7 Å². The van der Waals surface area contributed by atoms with Crippen molar-refractivity contribution in [3.05, 3.63) is 18.2 Å². The summed E-state index contributed by atoms with van der Waals surface area (Å²) in [5.41, 5.74) is 0.0410. The third-order valence-electron chi connectivity index (χ3n) is 4.94. The average molecular weight is 470 g/mol. The molecule has 0 bridgehead atoms. The van der Waals surface area contributed by atoms with Gasteiger partial charge in [-0.05, 0) is 39.0 Å². The minimum atomic E-state index is -3.64. The van der Waals surface area contributed by atoms with Gasteiger partial charge < -0.3 is 15.4 Å². The molecule has 180 valence electrons. The van der Waals surface area contributed by atoms with Gasteiger partial charge in [0.15, 0.2) is 0 Å². The third kappa shape index (κ3) is 7.44. The van der Waals surface area contributed by atoms with Crippen LogP contribution < -0.4 is 15.4 Å². The number of piperazine rings is 1. The fourth-order valence-corrected chi connectivity index (χ4v) is 4.24. The number of amides is 2. The van der Waals surface area contributed by atoms with E-state index in [1.54, 1.807) is 0 Å². The zero-order valence-corrected chi connectivity index (χ0v) is 20.6. The Morgan fingerprint density at radius 2 is 1.56 bits per heavy atom. The number of rotatable bonds is 8. The molecule has 1 fully saturated rings. The Balaban J connectivity index is 1.93. The summed E-state index contributed by atoms with van der Waals surface area (Å²) in [6, 6.07) is 4.37. The van der Waals surface area contributed by atoms with E-state index in [1.165, 1.54) is 39.4 Å². The van der Waals surface area contributed by atoms with Gasteiger partial charge in [0.1, 0.15) is 5.75 Å². The number of anilines is 1. The molecule has 0 radical (unpaired) electrons.